The maximum Gasteiger partial charge on any atom is 0.126 e. The molecule has 114 valence electrons. The molecule has 0 amide bonds. The third-order valence-electron chi connectivity index (χ3n) is 3.80. The fourth-order valence-corrected chi connectivity index (χ4v) is 2.47. The molecule has 1 unspecified atom stereocenters. The summed E-state index contributed by atoms with van der Waals surface area (Å²) < 4.78 is 5.68. The Hall–Kier alpha value is -1.74. The van der Waals surface area contributed by atoms with E-state index >= 15 is 0 Å². The van der Waals surface area contributed by atoms with Gasteiger partial charge in [0.25, 0.3) is 0 Å². The largest absolute Gasteiger partial charge is 0.464 e. The van der Waals surface area contributed by atoms with Crippen molar-refractivity contribution < 1.29 is 4.42 Å². The van der Waals surface area contributed by atoms with Crippen molar-refractivity contribution in [2.75, 3.05) is 18.4 Å². The van der Waals surface area contributed by atoms with Crippen LogP contribution in [0.15, 0.2) is 40.8 Å². The molecule has 1 N–H and O–H groups in total. The minimum atomic E-state index is 0.169. The van der Waals surface area contributed by atoms with Crippen molar-refractivity contribution >= 4 is 5.69 Å². The summed E-state index contributed by atoms with van der Waals surface area (Å²) in [6.45, 7) is 11.7. The van der Waals surface area contributed by atoms with Crippen molar-refractivity contribution in [2.45, 2.75) is 40.3 Å². The van der Waals surface area contributed by atoms with Crippen LogP contribution in [0.1, 0.15) is 43.9 Å². The molecule has 1 aromatic carbocycles. The summed E-state index contributed by atoms with van der Waals surface area (Å²) in [7, 11) is 0. The number of rotatable bonds is 7. The smallest absolute Gasteiger partial charge is 0.126 e. The second-order valence-corrected chi connectivity index (χ2v) is 5.48. The Labute approximate surface area is 128 Å². The van der Waals surface area contributed by atoms with Gasteiger partial charge in [-0.25, -0.2) is 0 Å². The Morgan fingerprint density at radius 3 is 2.52 bits per heavy atom. The van der Waals surface area contributed by atoms with Crippen LogP contribution in [-0.2, 0) is 6.54 Å². The highest BCUT2D eigenvalue weighted by Gasteiger charge is 2.09. The van der Waals surface area contributed by atoms with Gasteiger partial charge in [-0.3, -0.25) is 4.90 Å². The summed E-state index contributed by atoms with van der Waals surface area (Å²) >= 11 is 0. The first-order valence-electron chi connectivity index (χ1n) is 7.76. The third-order valence-corrected chi connectivity index (χ3v) is 3.80. The molecule has 0 spiro atoms. The van der Waals surface area contributed by atoms with Crippen LogP contribution in [-0.4, -0.2) is 18.0 Å². The number of anilines is 1. The van der Waals surface area contributed by atoms with E-state index < -0.39 is 0 Å². The summed E-state index contributed by atoms with van der Waals surface area (Å²) in [4.78, 5) is 2.42. The fraction of sp³-hybridized carbons (Fsp3) is 0.444. The van der Waals surface area contributed by atoms with Gasteiger partial charge in [-0.05, 0) is 56.8 Å². The zero-order valence-electron chi connectivity index (χ0n) is 13.5. The molecule has 21 heavy (non-hydrogen) atoms. The molecule has 1 heterocycles. The topological polar surface area (TPSA) is 28.4 Å². The average molecular weight is 286 g/mol. The fourth-order valence-electron chi connectivity index (χ4n) is 2.47. The Morgan fingerprint density at radius 2 is 1.90 bits per heavy atom. The van der Waals surface area contributed by atoms with Gasteiger partial charge < -0.3 is 9.73 Å². The minimum absolute atomic E-state index is 0.169. The number of nitrogens with zero attached hydrogens (tertiary/aromatic N) is 1. The zero-order valence-corrected chi connectivity index (χ0v) is 13.5. The number of hydrogen-bond donors (Lipinski definition) is 1. The van der Waals surface area contributed by atoms with Gasteiger partial charge in [0.1, 0.15) is 11.5 Å². The van der Waals surface area contributed by atoms with Gasteiger partial charge >= 0.3 is 0 Å². The van der Waals surface area contributed by atoms with Crippen LogP contribution in [0.5, 0.6) is 0 Å². The Kier molecular flexibility index (Phi) is 5.45. The highest BCUT2D eigenvalue weighted by atomic mass is 16.3. The molecule has 0 aliphatic heterocycles. The molecule has 0 radical (unpaired) electrons. The molecule has 1 atom stereocenters. The maximum absolute atomic E-state index is 5.68. The van der Waals surface area contributed by atoms with Crippen molar-refractivity contribution in [1.82, 2.24) is 4.90 Å². The SMILES string of the molecule is CCN(CC)Cc1cccc(NC(C)c2ccc(C)o2)c1. The molecule has 0 aliphatic carbocycles. The minimum Gasteiger partial charge on any atom is -0.464 e. The predicted octanol–water partition coefficient (Wildman–Crippen LogP) is 4.60. The van der Waals surface area contributed by atoms with Crippen LogP contribution in [0.2, 0.25) is 0 Å². The van der Waals surface area contributed by atoms with Crippen molar-refractivity contribution in [3.8, 4) is 0 Å². The van der Waals surface area contributed by atoms with Gasteiger partial charge in [0.2, 0.25) is 0 Å². The summed E-state index contributed by atoms with van der Waals surface area (Å²) in [6.07, 6.45) is 0. The molecule has 3 nitrogen and oxygen atoms in total. The van der Waals surface area contributed by atoms with Crippen molar-refractivity contribution in [3.63, 3.8) is 0 Å². The van der Waals surface area contributed by atoms with Crippen LogP contribution >= 0.6 is 0 Å². The lowest BCUT2D eigenvalue weighted by atomic mass is 10.1. The highest BCUT2D eigenvalue weighted by Crippen LogP contribution is 2.22. The zero-order chi connectivity index (χ0) is 15.2. The molecule has 2 aromatic rings. The van der Waals surface area contributed by atoms with E-state index in [0.29, 0.717) is 0 Å². The molecule has 0 bridgehead atoms. The van der Waals surface area contributed by atoms with Gasteiger partial charge in [0.05, 0.1) is 6.04 Å². The van der Waals surface area contributed by atoms with E-state index in [2.05, 4.69) is 55.3 Å². The number of aryl methyl sites for hydroxylation is 1. The number of furan rings is 1. The van der Waals surface area contributed by atoms with Gasteiger partial charge in [0, 0.05) is 12.2 Å². The second-order valence-electron chi connectivity index (χ2n) is 5.48. The van der Waals surface area contributed by atoms with Gasteiger partial charge in [-0.2, -0.15) is 0 Å². The lowest BCUT2D eigenvalue weighted by molar-refractivity contribution is 0.296. The maximum atomic E-state index is 5.68. The average Bonchev–Trinajstić information content (AvgIpc) is 2.92. The summed E-state index contributed by atoms with van der Waals surface area (Å²) in [6, 6.07) is 12.8. The van der Waals surface area contributed by atoms with Crippen molar-refractivity contribution in [2.24, 2.45) is 0 Å². The van der Waals surface area contributed by atoms with E-state index in [0.717, 1.165) is 36.8 Å². The van der Waals surface area contributed by atoms with E-state index in [1.54, 1.807) is 0 Å². The summed E-state index contributed by atoms with van der Waals surface area (Å²) in [5, 5.41) is 3.51. The van der Waals surface area contributed by atoms with Gasteiger partial charge in [-0.15, -0.1) is 0 Å². The molecule has 0 fully saturated rings. The molecule has 3 heteroatoms. The lowest BCUT2D eigenvalue weighted by Crippen LogP contribution is -2.22. The number of hydrogen-bond acceptors (Lipinski definition) is 3. The molecular weight excluding hydrogens is 260 g/mol. The van der Waals surface area contributed by atoms with Crippen LogP contribution in [0, 0.1) is 6.92 Å². The standard InChI is InChI=1S/C18H26N2O/c1-5-20(6-2)13-16-8-7-9-17(12-16)19-15(4)18-11-10-14(3)21-18/h7-12,15,19H,5-6,13H2,1-4H3. The van der Waals surface area contributed by atoms with Gasteiger partial charge in [0.15, 0.2) is 0 Å². The Bertz CT molecular complexity index is 558. The highest BCUT2D eigenvalue weighted by molar-refractivity contribution is 5.47. The number of benzene rings is 1. The first-order chi connectivity index (χ1) is 10.1. The predicted molar refractivity (Wildman–Crippen MR) is 88.5 cm³/mol. The van der Waals surface area contributed by atoms with E-state index in [1.807, 2.05) is 19.1 Å². The second kappa shape index (κ2) is 7.32. The first-order valence-corrected chi connectivity index (χ1v) is 7.76. The molecule has 0 aliphatic rings. The van der Waals surface area contributed by atoms with Crippen LogP contribution in [0.4, 0.5) is 5.69 Å². The Morgan fingerprint density at radius 1 is 1.14 bits per heavy atom. The Balaban J connectivity index is 2.03. The summed E-state index contributed by atoms with van der Waals surface area (Å²) in [5.74, 6) is 1.93. The monoisotopic (exact) mass is 286 g/mol. The summed E-state index contributed by atoms with van der Waals surface area (Å²) in [5.41, 5.74) is 2.48. The molecule has 0 saturated heterocycles. The van der Waals surface area contributed by atoms with Crippen LogP contribution < -0.4 is 5.32 Å². The third kappa shape index (κ3) is 4.36. The lowest BCUT2D eigenvalue weighted by Gasteiger charge is -2.19. The van der Waals surface area contributed by atoms with Gasteiger partial charge in [-0.1, -0.05) is 26.0 Å². The van der Waals surface area contributed by atoms with Crippen molar-refractivity contribution in [3.05, 3.63) is 53.5 Å². The van der Waals surface area contributed by atoms with E-state index in [1.165, 1.54) is 5.56 Å². The van der Waals surface area contributed by atoms with E-state index in [9.17, 15) is 0 Å². The van der Waals surface area contributed by atoms with Crippen LogP contribution in [0.3, 0.4) is 0 Å². The molecule has 2 rings (SSSR count). The quantitative estimate of drug-likeness (QED) is 0.806. The molecule has 0 saturated carbocycles. The first kappa shape index (κ1) is 15.6. The van der Waals surface area contributed by atoms with Crippen molar-refractivity contribution in [1.29, 1.82) is 0 Å². The van der Waals surface area contributed by atoms with E-state index in [4.69, 9.17) is 4.42 Å². The normalized spacial score (nSPS) is 12.6. The molecule has 1 aromatic heterocycles. The van der Waals surface area contributed by atoms with E-state index in [-0.39, 0.29) is 6.04 Å². The number of nitrogens with one attached hydrogen (secondary N) is 1. The molecular formula is C18H26N2O. The van der Waals surface area contributed by atoms with Crippen LogP contribution in [0.25, 0.3) is 0 Å².